The van der Waals surface area contributed by atoms with Gasteiger partial charge in [0.15, 0.2) is 0 Å². The fraction of sp³-hybridized carbons (Fsp3) is 0.0909. The second-order valence-corrected chi connectivity index (χ2v) is 9.37. The Morgan fingerprint density at radius 1 is 0.938 bits per heavy atom. The van der Waals surface area contributed by atoms with E-state index in [2.05, 4.69) is 10.1 Å². The number of halogens is 2. The molecule has 0 spiro atoms. The molecule has 0 radical (unpaired) electrons. The molecule has 0 saturated carbocycles. The van der Waals surface area contributed by atoms with E-state index in [0.717, 1.165) is 4.31 Å². The predicted octanol–water partition coefficient (Wildman–Crippen LogP) is 4.86. The van der Waals surface area contributed by atoms with Crippen LogP contribution in [0, 0.1) is 0 Å². The summed E-state index contributed by atoms with van der Waals surface area (Å²) in [5.74, 6) is -1.30. The lowest BCUT2D eigenvalue weighted by Gasteiger charge is -2.20. The Morgan fingerprint density at radius 2 is 1.59 bits per heavy atom. The van der Waals surface area contributed by atoms with Gasteiger partial charge in [-0.3, -0.25) is 9.10 Å². The highest BCUT2D eigenvalue weighted by Gasteiger charge is 2.24. The van der Waals surface area contributed by atoms with Crippen molar-refractivity contribution in [2.45, 2.75) is 4.90 Å². The van der Waals surface area contributed by atoms with Crippen LogP contribution < -0.4 is 9.62 Å². The number of rotatable bonds is 6. The van der Waals surface area contributed by atoms with Gasteiger partial charge in [-0.2, -0.15) is 0 Å². The van der Waals surface area contributed by atoms with Crippen LogP contribution in [0.1, 0.15) is 20.7 Å². The van der Waals surface area contributed by atoms with Gasteiger partial charge < -0.3 is 10.1 Å². The first-order valence-electron chi connectivity index (χ1n) is 9.18. The van der Waals surface area contributed by atoms with Crippen LogP contribution in [-0.2, 0) is 14.8 Å². The summed E-state index contributed by atoms with van der Waals surface area (Å²) in [6.07, 6.45) is 0. The second kappa shape index (κ2) is 9.60. The molecule has 32 heavy (non-hydrogen) atoms. The van der Waals surface area contributed by atoms with Crippen LogP contribution in [0.2, 0.25) is 10.0 Å². The Bertz CT molecular complexity index is 1280. The largest absolute Gasteiger partial charge is 0.465 e. The number of esters is 1. The van der Waals surface area contributed by atoms with Crippen molar-refractivity contribution < 1.29 is 22.7 Å². The number of benzene rings is 3. The van der Waals surface area contributed by atoms with Crippen molar-refractivity contribution in [3.63, 3.8) is 0 Å². The van der Waals surface area contributed by atoms with Crippen molar-refractivity contribution in [2.24, 2.45) is 0 Å². The van der Waals surface area contributed by atoms with E-state index in [1.54, 1.807) is 30.3 Å². The van der Waals surface area contributed by atoms with E-state index in [-0.39, 0.29) is 31.8 Å². The number of ether oxygens (including phenoxy) is 1. The topological polar surface area (TPSA) is 92.8 Å². The molecule has 7 nitrogen and oxygen atoms in total. The number of carbonyl (C=O) groups excluding carboxylic acids is 2. The number of nitrogens with zero attached hydrogens (tertiary/aromatic N) is 1. The molecule has 3 aromatic rings. The Labute approximate surface area is 195 Å². The first-order chi connectivity index (χ1) is 15.1. The zero-order valence-electron chi connectivity index (χ0n) is 17.0. The van der Waals surface area contributed by atoms with Gasteiger partial charge in [0.1, 0.15) is 0 Å². The van der Waals surface area contributed by atoms with E-state index in [4.69, 9.17) is 23.2 Å². The molecule has 0 heterocycles. The zero-order chi connectivity index (χ0) is 23.5. The molecule has 10 heteroatoms. The lowest BCUT2D eigenvalue weighted by atomic mass is 10.1. The number of hydrogen-bond donors (Lipinski definition) is 1. The number of carbonyl (C=O) groups is 2. The molecular weight excluding hydrogens is 475 g/mol. The summed E-state index contributed by atoms with van der Waals surface area (Å²) >= 11 is 12.3. The number of anilines is 2. The lowest BCUT2D eigenvalue weighted by molar-refractivity contribution is 0.0600. The smallest absolute Gasteiger partial charge is 0.337 e. The van der Waals surface area contributed by atoms with Crippen LogP contribution in [0.4, 0.5) is 11.4 Å². The molecule has 0 fully saturated rings. The van der Waals surface area contributed by atoms with Crippen molar-refractivity contribution in [1.29, 1.82) is 0 Å². The number of sulfonamides is 1. The van der Waals surface area contributed by atoms with E-state index >= 15 is 0 Å². The minimum Gasteiger partial charge on any atom is -0.465 e. The van der Waals surface area contributed by atoms with Crippen molar-refractivity contribution in [1.82, 2.24) is 0 Å². The zero-order valence-corrected chi connectivity index (χ0v) is 19.3. The Hall–Kier alpha value is -3.07. The first kappa shape index (κ1) is 23.6. The van der Waals surface area contributed by atoms with Gasteiger partial charge in [-0.05, 0) is 48.5 Å². The highest BCUT2D eigenvalue weighted by Crippen LogP contribution is 2.28. The van der Waals surface area contributed by atoms with Crippen LogP contribution >= 0.6 is 23.2 Å². The number of hydrogen-bond acceptors (Lipinski definition) is 5. The van der Waals surface area contributed by atoms with E-state index in [0.29, 0.717) is 5.69 Å². The molecule has 1 amide bonds. The Kier molecular flexibility index (Phi) is 7.08. The van der Waals surface area contributed by atoms with Gasteiger partial charge in [0.25, 0.3) is 15.9 Å². The molecule has 0 aliphatic rings. The Balaban J connectivity index is 1.94. The minimum absolute atomic E-state index is 0.0454. The maximum Gasteiger partial charge on any atom is 0.337 e. The van der Waals surface area contributed by atoms with Crippen molar-refractivity contribution in [2.75, 3.05) is 23.8 Å². The summed E-state index contributed by atoms with van der Waals surface area (Å²) in [5, 5.41) is 2.78. The third-order valence-electron chi connectivity index (χ3n) is 4.60. The fourth-order valence-electron chi connectivity index (χ4n) is 2.83. The highest BCUT2D eigenvalue weighted by atomic mass is 35.5. The van der Waals surface area contributed by atoms with Gasteiger partial charge in [-0.15, -0.1) is 0 Å². The van der Waals surface area contributed by atoms with Crippen molar-refractivity contribution in [3.8, 4) is 0 Å². The standard InChI is InChI=1S/C22H18Cl2N2O5S/c1-26(15-6-4-3-5-7-15)32(29,30)16-9-11-18(23)17(13-16)21(27)25-20-12-14(22(28)31-2)8-10-19(20)24/h3-13H,1-2H3,(H,25,27). The summed E-state index contributed by atoms with van der Waals surface area (Å²) in [6.45, 7) is 0. The van der Waals surface area contributed by atoms with Crippen LogP contribution in [-0.4, -0.2) is 34.5 Å². The monoisotopic (exact) mass is 492 g/mol. The molecule has 0 atom stereocenters. The van der Waals surface area contributed by atoms with Crippen molar-refractivity contribution >= 4 is 56.5 Å². The molecule has 1 N–H and O–H groups in total. The molecule has 0 aliphatic heterocycles. The molecular formula is C22H18Cl2N2O5S. The van der Waals surface area contributed by atoms with Gasteiger partial charge >= 0.3 is 5.97 Å². The molecule has 3 aromatic carbocycles. The molecule has 0 saturated heterocycles. The molecule has 0 unspecified atom stereocenters. The molecule has 0 aliphatic carbocycles. The summed E-state index contributed by atoms with van der Waals surface area (Å²) in [6, 6.07) is 16.6. The van der Waals surface area contributed by atoms with E-state index in [1.807, 2.05) is 0 Å². The number of para-hydroxylation sites is 1. The van der Waals surface area contributed by atoms with E-state index in [1.165, 1.54) is 50.6 Å². The minimum atomic E-state index is -3.96. The normalized spacial score (nSPS) is 11.0. The number of methoxy groups -OCH3 is 1. The summed E-state index contributed by atoms with van der Waals surface area (Å²) in [5.41, 5.74) is 0.706. The van der Waals surface area contributed by atoms with Crippen molar-refractivity contribution in [3.05, 3.63) is 87.9 Å². The van der Waals surface area contributed by atoms with Gasteiger partial charge in [0.2, 0.25) is 0 Å². The van der Waals surface area contributed by atoms with Gasteiger partial charge in [0.05, 0.1) is 44.6 Å². The first-order valence-corrected chi connectivity index (χ1v) is 11.4. The van der Waals surface area contributed by atoms with Crippen LogP contribution in [0.5, 0.6) is 0 Å². The SMILES string of the molecule is COC(=O)c1ccc(Cl)c(NC(=O)c2cc(S(=O)(=O)N(C)c3ccccc3)ccc2Cl)c1. The van der Waals surface area contributed by atoms with Gasteiger partial charge in [0, 0.05) is 7.05 Å². The quantitative estimate of drug-likeness (QED) is 0.496. The van der Waals surface area contributed by atoms with E-state index < -0.39 is 21.9 Å². The molecule has 3 rings (SSSR count). The van der Waals surface area contributed by atoms with Crippen LogP contribution in [0.3, 0.4) is 0 Å². The van der Waals surface area contributed by atoms with Gasteiger partial charge in [-0.25, -0.2) is 13.2 Å². The van der Waals surface area contributed by atoms with E-state index in [9.17, 15) is 18.0 Å². The van der Waals surface area contributed by atoms with Crippen LogP contribution in [0.25, 0.3) is 0 Å². The third-order valence-corrected chi connectivity index (χ3v) is 7.04. The summed E-state index contributed by atoms with van der Waals surface area (Å²) < 4.78 is 31.9. The second-order valence-electron chi connectivity index (χ2n) is 6.59. The lowest BCUT2D eigenvalue weighted by Crippen LogP contribution is -2.27. The fourth-order valence-corrected chi connectivity index (χ4v) is 4.42. The number of nitrogens with one attached hydrogen (secondary N) is 1. The molecule has 0 aromatic heterocycles. The predicted molar refractivity (Wildman–Crippen MR) is 124 cm³/mol. The average molecular weight is 493 g/mol. The molecule has 166 valence electrons. The third kappa shape index (κ3) is 4.88. The highest BCUT2D eigenvalue weighted by molar-refractivity contribution is 7.92. The maximum absolute atomic E-state index is 13.1. The summed E-state index contributed by atoms with van der Waals surface area (Å²) in [7, 11) is -1.32. The van der Waals surface area contributed by atoms with Crippen LogP contribution in [0.15, 0.2) is 71.6 Å². The number of amides is 1. The summed E-state index contributed by atoms with van der Waals surface area (Å²) in [4.78, 5) is 24.5. The maximum atomic E-state index is 13.1. The average Bonchev–Trinajstić information content (AvgIpc) is 2.80. The molecule has 0 bridgehead atoms. The Morgan fingerprint density at radius 3 is 2.25 bits per heavy atom. The van der Waals surface area contributed by atoms with Gasteiger partial charge in [-0.1, -0.05) is 41.4 Å².